The van der Waals surface area contributed by atoms with Crippen LogP contribution in [0.1, 0.15) is 23.8 Å². The van der Waals surface area contributed by atoms with Gasteiger partial charge in [0.2, 0.25) is 0 Å². The second-order valence-electron chi connectivity index (χ2n) is 4.48. The molecule has 104 valence electrons. The van der Waals surface area contributed by atoms with Crippen LogP contribution in [-0.4, -0.2) is 14.5 Å². The molecule has 1 atom stereocenters. The van der Waals surface area contributed by atoms with Crippen LogP contribution in [0, 0.1) is 5.82 Å². The highest BCUT2D eigenvalue weighted by Crippen LogP contribution is 2.25. The minimum Gasteiger partial charge on any atom is -0.321 e. The van der Waals surface area contributed by atoms with Crippen molar-refractivity contribution in [3.63, 3.8) is 0 Å². The van der Waals surface area contributed by atoms with E-state index in [0.29, 0.717) is 17.9 Å². The third-order valence-corrected chi connectivity index (χ3v) is 3.91. The number of rotatable bonds is 3. The number of alkyl halides is 1. The molecule has 7 heteroatoms. The largest absolute Gasteiger partial charge is 0.321 e. The Kier molecular flexibility index (Phi) is 3.35. The number of hydrogen-bond acceptors (Lipinski definition) is 3. The van der Waals surface area contributed by atoms with Crippen LogP contribution in [0.3, 0.4) is 0 Å². The molecular formula is C13H11ClFN3OS. The zero-order chi connectivity index (χ0) is 14.3. The number of halogens is 2. The van der Waals surface area contributed by atoms with Crippen LogP contribution in [0.2, 0.25) is 0 Å². The van der Waals surface area contributed by atoms with Crippen molar-refractivity contribution in [3.8, 4) is 0 Å². The number of fused-ring (bicyclic) bond motifs is 1. The number of benzene rings is 1. The monoisotopic (exact) mass is 311 g/mol. The first kappa shape index (κ1) is 13.3. The first-order valence-corrected chi connectivity index (χ1v) is 7.32. The van der Waals surface area contributed by atoms with Gasteiger partial charge in [-0.05, 0) is 19.1 Å². The molecular weight excluding hydrogens is 301 g/mol. The molecule has 4 nitrogen and oxygen atoms in total. The van der Waals surface area contributed by atoms with Crippen molar-refractivity contribution < 1.29 is 4.39 Å². The molecule has 0 aliphatic rings. The summed E-state index contributed by atoms with van der Waals surface area (Å²) in [5, 5.41) is 1.45. The zero-order valence-electron chi connectivity index (χ0n) is 10.6. The molecule has 1 aromatic carbocycles. The Morgan fingerprint density at radius 3 is 3.00 bits per heavy atom. The van der Waals surface area contributed by atoms with Gasteiger partial charge >= 0.3 is 4.87 Å². The van der Waals surface area contributed by atoms with E-state index in [1.54, 1.807) is 11.4 Å². The summed E-state index contributed by atoms with van der Waals surface area (Å²) in [6, 6.07) is 4.44. The lowest BCUT2D eigenvalue weighted by molar-refractivity contribution is 0.629. The van der Waals surface area contributed by atoms with Crippen molar-refractivity contribution in [1.29, 1.82) is 0 Å². The van der Waals surface area contributed by atoms with Gasteiger partial charge in [-0.25, -0.2) is 9.37 Å². The predicted octanol–water partition coefficient (Wildman–Crippen LogP) is 3.27. The summed E-state index contributed by atoms with van der Waals surface area (Å²) < 4.78 is 15.2. The molecule has 0 fully saturated rings. The Morgan fingerprint density at radius 1 is 1.55 bits per heavy atom. The van der Waals surface area contributed by atoms with Crippen molar-refractivity contribution in [2.45, 2.75) is 18.8 Å². The maximum absolute atomic E-state index is 13.3. The molecule has 0 amide bonds. The van der Waals surface area contributed by atoms with Gasteiger partial charge in [-0.1, -0.05) is 11.3 Å². The van der Waals surface area contributed by atoms with Crippen LogP contribution < -0.4 is 4.87 Å². The normalized spacial score (nSPS) is 12.9. The number of hydrogen-bond donors (Lipinski definition) is 1. The van der Waals surface area contributed by atoms with Crippen LogP contribution in [-0.2, 0) is 6.54 Å². The summed E-state index contributed by atoms with van der Waals surface area (Å²) in [7, 11) is 0. The van der Waals surface area contributed by atoms with E-state index in [0.717, 1.165) is 22.5 Å². The van der Waals surface area contributed by atoms with E-state index in [2.05, 4.69) is 9.97 Å². The van der Waals surface area contributed by atoms with Crippen molar-refractivity contribution in [3.05, 3.63) is 50.6 Å². The average molecular weight is 312 g/mol. The third-order valence-electron chi connectivity index (χ3n) is 2.99. The summed E-state index contributed by atoms with van der Waals surface area (Å²) in [6.45, 7) is 2.26. The molecule has 0 aliphatic carbocycles. The Hall–Kier alpha value is -1.66. The number of nitrogens with one attached hydrogen (secondary N) is 1. The molecule has 20 heavy (non-hydrogen) atoms. The Balaban J connectivity index is 2.15. The number of nitrogens with zero attached hydrogens (tertiary/aromatic N) is 2. The van der Waals surface area contributed by atoms with E-state index < -0.39 is 0 Å². The van der Waals surface area contributed by atoms with Crippen LogP contribution in [0.5, 0.6) is 0 Å². The lowest BCUT2D eigenvalue weighted by Gasteiger charge is -2.09. The summed E-state index contributed by atoms with van der Waals surface area (Å²) >= 11 is 7.26. The van der Waals surface area contributed by atoms with Gasteiger partial charge in [0.25, 0.3) is 0 Å². The minimum absolute atomic E-state index is 0.101. The topological polar surface area (TPSA) is 50.7 Å². The molecule has 0 radical (unpaired) electrons. The maximum atomic E-state index is 13.3. The molecule has 0 saturated heterocycles. The van der Waals surface area contributed by atoms with Crippen molar-refractivity contribution in [2.24, 2.45) is 0 Å². The van der Waals surface area contributed by atoms with Gasteiger partial charge in [0.15, 0.2) is 0 Å². The highest BCUT2D eigenvalue weighted by Gasteiger charge is 2.16. The Labute approximate surface area is 122 Å². The lowest BCUT2D eigenvalue weighted by Crippen LogP contribution is -2.07. The van der Waals surface area contributed by atoms with Gasteiger partial charge in [0.1, 0.15) is 11.6 Å². The smallest absolute Gasteiger partial charge is 0.304 e. The van der Waals surface area contributed by atoms with Gasteiger partial charge in [0, 0.05) is 17.1 Å². The van der Waals surface area contributed by atoms with E-state index in [9.17, 15) is 9.18 Å². The molecule has 1 N–H and O–H groups in total. The fraction of sp³-hybridized carbons (Fsp3) is 0.231. The van der Waals surface area contributed by atoms with Gasteiger partial charge in [-0.15, -0.1) is 11.6 Å². The van der Waals surface area contributed by atoms with Crippen molar-refractivity contribution >= 4 is 34.0 Å². The van der Waals surface area contributed by atoms with Gasteiger partial charge < -0.3 is 9.55 Å². The lowest BCUT2D eigenvalue weighted by atomic mass is 10.3. The summed E-state index contributed by atoms with van der Waals surface area (Å²) in [6.07, 6.45) is 0. The molecule has 2 heterocycles. The second-order valence-corrected chi connectivity index (χ2v) is 5.98. The first-order chi connectivity index (χ1) is 9.54. The van der Waals surface area contributed by atoms with E-state index in [-0.39, 0.29) is 16.1 Å². The second kappa shape index (κ2) is 5.03. The van der Waals surface area contributed by atoms with Crippen molar-refractivity contribution in [2.75, 3.05) is 0 Å². The zero-order valence-corrected chi connectivity index (χ0v) is 12.1. The molecule has 3 rings (SSSR count). The maximum Gasteiger partial charge on any atom is 0.304 e. The third kappa shape index (κ3) is 2.36. The minimum atomic E-state index is -0.333. The van der Waals surface area contributed by atoms with E-state index in [1.807, 2.05) is 11.5 Å². The van der Waals surface area contributed by atoms with Crippen LogP contribution in [0.15, 0.2) is 28.4 Å². The molecule has 0 saturated carbocycles. The molecule has 2 aromatic heterocycles. The number of aromatic nitrogens is 3. The van der Waals surface area contributed by atoms with Gasteiger partial charge in [-0.3, -0.25) is 4.79 Å². The summed E-state index contributed by atoms with van der Waals surface area (Å²) in [4.78, 5) is 18.2. The fourth-order valence-electron chi connectivity index (χ4n) is 2.15. The molecule has 1 unspecified atom stereocenters. The van der Waals surface area contributed by atoms with Crippen LogP contribution >= 0.6 is 22.9 Å². The average Bonchev–Trinajstić information content (AvgIpc) is 2.94. The Bertz CT molecular complexity index is 820. The molecule has 3 aromatic rings. The molecule has 0 spiro atoms. The number of H-pyrrole nitrogens is 1. The summed E-state index contributed by atoms with van der Waals surface area (Å²) in [5.74, 6) is 0.319. The quantitative estimate of drug-likeness (QED) is 0.755. The standard InChI is InChI=1S/C13H11ClFN3OS/c1-7(14)12-17-10-4-8(15)2-3-11(10)18(12)5-9-6-20-13(19)16-9/h2-4,6-7H,5H2,1H3,(H,16,19). The number of thiazole rings is 1. The highest BCUT2D eigenvalue weighted by molar-refractivity contribution is 7.07. The highest BCUT2D eigenvalue weighted by atomic mass is 35.5. The molecule has 0 aliphatic heterocycles. The predicted molar refractivity (Wildman–Crippen MR) is 78.0 cm³/mol. The van der Waals surface area contributed by atoms with Crippen LogP contribution in [0.25, 0.3) is 11.0 Å². The van der Waals surface area contributed by atoms with E-state index in [4.69, 9.17) is 11.6 Å². The van der Waals surface area contributed by atoms with E-state index in [1.165, 1.54) is 12.1 Å². The number of imidazole rings is 1. The van der Waals surface area contributed by atoms with Crippen molar-refractivity contribution in [1.82, 2.24) is 14.5 Å². The SMILES string of the molecule is CC(Cl)c1nc2cc(F)ccc2n1Cc1csc(=O)[nH]1. The fourth-order valence-corrected chi connectivity index (χ4v) is 2.89. The molecule has 0 bridgehead atoms. The first-order valence-electron chi connectivity index (χ1n) is 6.01. The van der Waals surface area contributed by atoms with Crippen LogP contribution in [0.4, 0.5) is 4.39 Å². The Morgan fingerprint density at radius 2 is 2.35 bits per heavy atom. The van der Waals surface area contributed by atoms with E-state index >= 15 is 0 Å². The summed E-state index contributed by atoms with van der Waals surface area (Å²) in [5.41, 5.74) is 2.13. The number of aromatic amines is 1. The van der Waals surface area contributed by atoms with Gasteiger partial charge in [-0.2, -0.15) is 0 Å². The van der Waals surface area contributed by atoms with Gasteiger partial charge in [0.05, 0.1) is 23.0 Å².